The highest BCUT2D eigenvalue weighted by molar-refractivity contribution is 5.95. The quantitative estimate of drug-likeness (QED) is 0.418. The minimum atomic E-state index is -0.525. The molecule has 0 aliphatic carbocycles. The van der Waals surface area contributed by atoms with E-state index in [1.807, 2.05) is 54.9 Å². The lowest BCUT2D eigenvalue weighted by Gasteiger charge is -2.36. The number of ether oxygens (including phenoxy) is 2. The molecular weight excluding hydrogens is 534 g/mol. The molecule has 1 saturated heterocycles. The molecule has 0 radical (unpaired) electrons. The van der Waals surface area contributed by atoms with Crippen LogP contribution < -0.4 is 15.4 Å². The first-order chi connectivity index (χ1) is 19.9. The van der Waals surface area contributed by atoms with Gasteiger partial charge in [-0.1, -0.05) is 0 Å². The average Bonchev–Trinajstić information content (AvgIpc) is 3.42. The summed E-state index contributed by atoms with van der Waals surface area (Å²) in [5.74, 6) is 0.703. The zero-order chi connectivity index (χ0) is 30.2. The number of hydrogen-bond acceptors (Lipinski definition) is 6. The fourth-order valence-corrected chi connectivity index (χ4v) is 5.75. The van der Waals surface area contributed by atoms with E-state index in [2.05, 4.69) is 6.92 Å². The molecule has 42 heavy (non-hydrogen) atoms. The molecule has 0 saturated carbocycles. The van der Waals surface area contributed by atoms with E-state index in [1.54, 1.807) is 36.1 Å². The Labute approximate surface area is 246 Å². The molecule has 3 amide bonds. The summed E-state index contributed by atoms with van der Waals surface area (Å²) in [7, 11) is 0. The van der Waals surface area contributed by atoms with E-state index in [9.17, 15) is 14.4 Å². The molecular formula is C32H39N5O5. The topological polar surface area (TPSA) is 120 Å². The molecule has 2 aromatic carbocycles. The van der Waals surface area contributed by atoms with Crippen LogP contribution in [0.25, 0.3) is 11.1 Å². The first-order valence-corrected chi connectivity index (χ1v) is 14.5. The Morgan fingerprint density at radius 1 is 1.00 bits per heavy atom. The van der Waals surface area contributed by atoms with Crippen LogP contribution >= 0.6 is 0 Å². The molecule has 10 nitrogen and oxygen atoms in total. The molecule has 0 spiro atoms. The molecule has 10 heteroatoms. The molecule has 5 rings (SSSR count). The number of aromatic nitrogens is 2. The number of primary amides is 1. The van der Waals surface area contributed by atoms with Crippen LogP contribution in [-0.4, -0.2) is 57.3 Å². The van der Waals surface area contributed by atoms with Gasteiger partial charge < -0.3 is 25.0 Å². The Morgan fingerprint density at radius 3 is 2.31 bits per heavy atom. The van der Waals surface area contributed by atoms with Crippen LogP contribution in [0, 0.1) is 0 Å². The van der Waals surface area contributed by atoms with Crippen molar-refractivity contribution in [3.8, 4) is 22.6 Å². The number of rotatable bonds is 5. The van der Waals surface area contributed by atoms with E-state index in [4.69, 9.17) is 20.3 Å². The number of carbonyl (C=O) groups is 3. The third-order valence-electron chi connectivity index (χ3n) is 7.85. The summed E-state index contributed by atoms with van der Waals surface area (Å²) in [4.78, 5) is 40.3. The molecule has 2 aliphatic heterocycles. The molecule has 2 N–H and O–H groups in total. The number of nitrogens with zero attached hydrogens (tertiary/aromatic N) is 4. The Hall–Kier alpha value is -4.34. The molecule has 1 aromatic heterocycles. The summed E-state index contributed by atoms with van der Waals surface area (Å²) in [5.41, 5.74) is 8.85. The number of hydrogen-bond donors (Lipinski definition) is 1. The number of nitrogens with two attached hydrogens (primary N) is 1. The van der Waals surface area contributed by atoms with Crippen LogP contribution in [0.5, 0.6) is 11.5 Å². The average molecular weight is 574 g/mol. The summed E-state index contributed by atoms with van der Waals surface area (Å²) in [6.07, 6.45) is 6.67. The maximum atomic E-state index is 12.6. The third-order valence-corrected chi connectivity index (χ3v) is 7.85. The predicted octanol–water partition coefficient (Wildman–Crippen LogP) is 5.70. The highest BCUT2D eigenvalue weighted by Gasteiger charge is 2.31. The molecule has 1 fully saturated rings. The van der Waals surface area contributed by atoms with Crippen molar-refractivity contribution < 1.29 is 23.9 Å². The second kappa shape index (κ2) is 11.5. The van der Waals surface area contributed by atoms with Crippen molar-refractivity contribution in [1.82, 2.24) is 14.7 Å². The Kier molecular flexibility index (Phi) is 7.99. The zero-order valence-corrected chi connectivity index (χ0v) is 24.9. The van der Waals surface area contributed by atoms with Crippen LogP contribution in [0.1, 0.15) is 75.8 Å². The van der Waals surface area contributed by atoms with E-state index < -0.39 is 11.5 Å². The van der Waals surface area contributed by atoms with Gasteiger partial charge in [0.15, 0.2) is 0 Å². The van der Waals surface area contributed by atoms with Crippen LogP contribution in [-0.2, 0) is 16.0 Å². The number of fused-ring (bicyclic) bond motifs is 1. The summed E-state index contributed by atoms with van der Waals surface area (Å²) in [5, 5.41) is 4.70. The molecule has 2 aliphatic rings. The number of anilines is 1. The van der Waals surface area contributed by atoms with Gasteiger partial charge in [0.1, 0.15) is 17.1 Å². The molecule has 1 atom stereocenters. The minimum absolute atomic E-state index is 0.0153. The lowest BCUT2D eigenvalue weighted by molar-refractivity contribution is -0.117. The Bertz CT molecular complexity index is 1480. The number of benzene rings is 2. The second-order valence-electron chi connectivity index (χ2n) is 12.1. The first-order valence-electron chi connectivity index (χ1n) is 14.5. The fraction of sp³-hybridized carbons (Fsp3) is 0.438. The van der Waals surface area contributed by atoms with Gasteiger partial charge in [0, 0.05) is 54.5 Å². The van der Waals surface area contributed by atoms with Gasteiger partial charge in [-0.05, 0) is 89.8 Å². The first kappa shape index (κ1) is 29.2. The molecule has 0 bridgehead atoms. The number of amides is 3. The van der Waals surface area contributed by atoms with Crippen LogP contribution in [0.2, 0.25) is 0 Å². The van der Waals surface area contributed by atoms with Gasteiger partial charge in [0.25, 0.3) is 0 Å². The summed E-state index contributed by atoms with van der Waals surface area (Å²) >= 11 is 0. The van der Waals surface area contributed by atoms with Gasteiger partial charge in [-0.2, -0.15) is 5.10 Å². The lowest BCUT2D eigenvalue weighted by Crippen LogP contribution is -2.42. The SMILES string of the molecule is CC(=O)N1c2ccc(-c3cnn(C4CCN(C(=O)OC(C)(C)C)CC4)c3)c(Oc3ccc(C(N)=O)cc3)c2CC[C@@H]1C. The van der Waals surface area contributed by atoms with Crippen molar-refractivity contribution in [3.63, 3.8) is 0 Å². The van der Waals surface area contributed by atoms with Gasteiger partial charge in [0.2, 0.25) is 11.8 Å². The van der Waals surface area contributed by atoms with Crippen molar-refractivity contribution in [3.05, 3.63) is 59.9 Å². The lowest BCUT2D eigenvalue weighted by atomic mass is 9.92. The van der Waals surface area contributed by atoms with E-state index in [0.29, 0.717) is 30.2 Å². The standard InChI is InChI=1S/C32H39N5O5/c1-20-6-11-27-28(37(20)21(2)38)13-12-26(29(27)41-25-9-7-22(8-10-25)30(33)39)23-18-34-36(19-23)24-14-16-35(17-15-24)31(40)42-32(3,4)5/h7-10,12-13,18-20,24H,6,11,14-17H2,1-5H3,(H2,33,39)/t20-/m0/s1. The Balaban J connectivity index is 1.44. The van der Waals surface area contributed by atoms with Crippen LogP contribution in [0.4, 0.5) is 10.5 Å². The van der Waals surface area contributed by atoms with Crippen molar-refractivity contribution in [2.24, 2.45) is 5.73 Å². The summed E-state index contributed by atoms with van der Waals surface area (Å²) in [6.45, 7) is 10.5. The van der Waals surface area contributed by atoms with E-state index in [0.717, 1.165) is 48.1 Å². The number of likely N-dealkylation sites (tertiary alicyclic amines) is 1. The fourth-order valence-electron chi connectivity index (χ4n) is 5.75. The Morgan fingerprint density at radius 2 is 1.69 bits per heavy atom. The minimum Gasteiger partial charge on any atom is -0.456 e. The summed E-state index contributed by atoms with van der Waals surface area (Å²) in [6, 6.07) is 10.9. The van der Waals surface area contributed by atoms with Crippen molar-refractivity contribution in [2.75, 3.05) is 18.0 Å². The van der Waals surface area contributed by atoms with E-state index in [1.165, 1.54) is 0 Å². The van der Waals surface area contributed by atoms with Gasteiger partial charge in [-0.15, -0.1) is 0 Å². The molecule has 3 aromatic rings. The van der Waals surface area contributed by atoms with Gasteiger partial charge in [-0.3, -0.25) is 14.3 Å². The van der Waals surface area contributed by atoms with Crippen LogP contribution in [0.15, 0.2) is 48.8 Å². The monoisotopic (exact) mass is 573 g/mol. The van der Waals surface area contributed by atoms with E-state index in [-0.39, 0.29) is 24.1 Å². The van der Waals surface area contributed by atoms with Crippen LogP contribution in [0.3, 0.4) is 0 Å². The molecule has 3 heterocycles. The van der Waals surface area contributed by atoms with Crippen molar-refractivity contribution in [1.29, 1.82) is 0 Å². The molecule has 222 valence electrons. The second-order valence-corrected chi connectivity index (χ2v) is 12.1. The summed E-state index contributed by atoms with van der Waals surface area (Å²) < 4.78 is 14.0. The van der Waals surface area contributed by atoms with Gasteiger partial charge in [-0.25, -0.2) is 4.79 Å². The number of piperidine rings is 1. The maximum absolute atomic E-state index is 12.6. The highest BCUT2D eigenvalue weighted by Crippen LogP contribution is 2.45. The van der Waals surface area contributed by atoms with Gasteiger partial charge >= 0.3 is 6.09 Å². The van der Waals surface area contributed by atoms with Crippen molar-refractivity contribution >= 4 is 23.6 Å². The predicted molar refractivity (Wildman–Crippen MR) is 160 cm³/mol. The normalized spacial score (nSPS) is 17.5. The van der Waals surface area contributed by atoms with E-state index >= 15 is 0 Å². The van der Waals surface area contributed by atoms with Gasteiger partial charge in [0.05, 0.1) is 17.9 Å². The smallest absolute Gasteiger partial charge is 0.410 e. The third kappa shape index (κ3) is 6.12. The zero-order valence-electron chi connectivity index (χ0n) is 24.9. The van der Waals surface area contributed by atoms with Crippen molar-refractivity contribution in [2.45, 2.75) is 78.0 Å². The largest absolute Gasteiger partial charge is 0.456 e. The highest BCUT2D eigenvalue weighted by atomic mass is 16.6. The maximum Gasteiger partial charge on any atom is 0.410 e. The molecule has 0 unspecified atom stereocenters. The number of carbonyl (C=O) groups excluding carboxylic acids is 3.